The molecule has 0 aromatic heterocycles. The van der Waals surface area contributed by atoms with Crippen molar-refractivity contribution in [1.29, 1.82) is 0 Å². The molecule has 1 aliphatic rings. The number of nitrogens with one attached hydrogen (secondary N) is 4. The molecule has 0 radical (unpaired) electrons. The highest BCUT2D eigenvalue weighted by molar-refractivity contribution is 5.94. The Morgan fingerprint density at radius 2 is 1.67 bits per heavy atom. The van der Waals surface area contributed by atoms with Crippen molar-refractivity contribution in [2.24, 2.45) is 17.6 Å². The van der Waals surface area contributed by atoms with Crippen LogP contribution in [0.2, 0.25) is 0 Å². The number of primary amides is 1. The predicted molar refractivity (Wildman–Crippen MR) is 122 cm³/mol. The van der Waals surface area contributed by atoms with Crippen molar-refractivity contribution >= 4 is 29.6 Å². The molecule has 7 N–H and O–H groups in total. The third kappa shape index (κ3) is 9.77. The molecule has 0 aliphatic carbocycles. The minimum atomic E-state index is -1.19. The van der Waals surface area contributed by atoms with Crippen LogP contribution in [0.15, 0.2) is 0 Å². The van der Waals surface area contributed by atoms with E-state index in [1.165, 1.54) is 0 Å². The first-order chi connectivity index (χ1) is 15.5. The zero-order valence-corrected chi connectivity index (χ0v) is 20.0. The number of hydrogen-bond acceptors (Lipinski definition) is 6. The van der Waals surface area contributed by atoms with E-state index in [2.05, 4.69) is 21.3 Å². The van der Waals surface area contributed by atoms with E-state index in [9.17, 15) is 29.1 Å². The summed E-state index contributed by atoms with van der Waals surface area (Å²) in [6.07, 6.45) is 2.09. The Morgan fingerprint density at radius 1 is 1.03 bits per heavy atom. The van der Waals surface area contributed by atoms with Gasteiger partial charge >= 0.3 is 5.97 Å². The standard InChI is InChI=1S/C22H39N5O6/c1-5-13(4)18(27-19(29)14-7-6-10-24-14)21(31)25-15(8-9-17(23)28)20(30)26-16(22(32)33)11-12(2)3/h12-16,18,24H,5-11H2,1-4H3,(H2,23,28)(H,25,31)(H,26,30)(H,27,29)(H,32,33). The van der Waals surface area contributed by atoms with E-state index in [1.54, 1.807) is 0 Å². The summed E-state index contributed by atoms with van der Waals surface area (Å²) < 4.78 is 0. The Labute approximate surface area is 195 Å². The normalized spacial score (nSPS) is 19.2. The molecule has 0 aromatic carbocycles. The number of rotatable bonds is 14. The first-order valence-corrected chi connectivity index (χ1v) is 11.6. The number of amides is 4. The lowest BCUT2D eigenvalue weighted by atomic mass is 9.97. The van der Waals surface area contributed by atoms with Gasteiger partial charge in [-0.15, -0.1) is 0 Å². The first-order valence-electron chi connectivity index (χ1n) is 11.6. The third-order valence-electron chi connectivity index (χ3n) is 5.80. The molecule has 1 saturated heterocycles. The highest BCUT2D eigenvalue weighted by atomic mass is 16.4. The fourth-order valence-corrected chi connectivity index (χ4v) is 3.65. The van der Waals surface area contributed by atoms with Crippen molar-refractivity contribution < 1.29 is 29.1 Å². The van der Waals surface area contributed by atoms with Crippen molar-refractivity contribution in [1.82, 2.24) is 21.3 Å². The summed E-state index contributed by atoms with van der Waals surface area (Å²) in [4.78, 5) is 61.3. The van der Waals surface area contributed by atoms with Crippen LogP contribution >= 0.6 is 0 Å². The fourth-order valence-electron chi connectivity index (χ4n) is 3.65. The van der Waals surface area contributed by atoms with Crippen LogP contribution in [0, 0.1) is 11.8 Å². The van der Waals surface area contributed by atoms with Crippen molar-refractivity contribution in [3.05, 3.63) is 0 Å². The highest BCUT2D eigenvalue weighted by Gasteiger charge is 2.33. The van der Waals surface area contributed by atoms with E-state index in [1.807, 2.05) is 27.7 Å². The Morgan fingerprint density at radius 3 is 2.15 bits per heavy atom. The molecule has 4 amide bonds. The summed E-state index contributed by atoms with van der Waals surface area (Å²) in [5.74, 6) is -3.62. The smallest absolute Gasteiger partial charge is 0.326 e. The third-order valence-corrected chi connectivity index (χ3v) is 5.80. The Bertz CT molecular complexity index is 707. The molecule has 1 heterocycles. The number of carbonyl (C=O) groups excluding carboxylic acids is 4. The summed E-state index contributed by atoms with van der Waals surface area (Å²) in [6.45, 7) is 8.08. The molecule has 11 nitrogen and oxygen atoms in total. The van der Waals surface area contributed by atoms with Gasteiger partial charge in [0.1, 0.15) is 18.1 Å². The second-order valence-electron chi connectivity index (χ2n) is 9.12. The average Bonchev–Trinajstić information content (AvgIpc) is 3.28. The van der Waals surface area contributed by atoms with Gasteiger partial charge in [0.2, 0.25) is 23.6 Å². The molecule has 5 atom stereocenters. The molecular formula is C22H39N5O6. The van der Waals surface area contributed by atoms with Gasteiger partial charge in [-0.25, -0.2) is 4.79 Å². The van der Waals surface area contributed by atoms with Crippen LogP contribution in [0.5, 0.6) is 0 Å². The van der Waals surface area contributed by atoms with E-state index in [0.717, 1.165) is 13.0 Å². The van der Waals surface area contributed by atoms with Crippen LogP contribution < -0.4 is 27.0 Å². The van der Waals surface area contributed by atoms with Gasteiger partial charge in [-0.2, -0.15) is 0 Å². The Balaban J connectivity index is 2.97. The molecule has 33 heavy (non-hydrogen) atoms. The molecule has 1 aliphatic heterocycles. The maximum absolute atomic E-state index is 13.1. The van der Waals surface area contributed by atoms with Crippen LogP contribution in [0.1, 0.15) is 66.2 Å². The lowest BCUT2D eigenvalue weighted by molar-refractivity contribution is -0.143. The van der Waals surface area contributed by atoms with Crippen molar-refractivity contribution in [2.45, 2.75) is 90.4 Å². The highest BCUT2D eigenvalue weighted by Crippen LogP contribution is 2.12. The Hall–Kier alpha value is -2.69. The minimum absolute atomic E-state index is 0.0132. The second kappa shape index (κ2) is 13.8. The van der Waals surface area contributed by atoms with Crippen molar-refractivity contribution in [2.75, 3.05) is 6.54 Å². The number of carbonyl (C=O) groups is 5. The minimum Gasteiger partial charge on any atom is -0.480 e. The summed E-state index contributed by atoms with van der Waals surface area (Å²) >= 11 is 0. The molecule has 11 heteroatoms. The summed E-state index contributed by atoms with van der Waals surface area (Å²) in [7, 11) is 0. The van der Waals surface area contributed by atoms with E-state index < -0.39 is 41.8 Å². The molecule has 0 spiro atoms. The SMILES string of the molecule is CCC(C)C(NC(=O)C1CCCN1)C(=O)NC(CCC(N)=O)C(=O)NC(CC(C)C)C(=O)O. The topological polar surface area (TPSA) is 180 Å². The number of aliphatic carboxylic acids is 1. The fraction of sp³-hybridized carbons (Fsp3) is 0.773. The Kier molecular flexibility index (Phi) is 11.8. The monoisotopic (exact) mass is 469 g/mol. The van der Waals surface area contributed by atoms with Gasteiger partial charge in [0.05, 0.1) is 6.04 Å². The summed E-state index contributed by atoms with van der Waals surface area (Å²) in [5, 5.41) is 20.3. The maximum Gasteiger partial charge on any atom is 0.326 e. The largest absolute Gasteiger partial charge is 0.480 e. The van der Waals surface area contributed by atoms with Gasteiger partial charge < -0.3 is 32.1 Å². The van der Waals surface area contributed by atoms with Crippen LogP contribution in [0.25, 0.3) is 0 Å². The quantitative estimate of drug-likeness (QED) is 0.201. The van der Waals surface area contributed by atoms with Gasteiger partial charge in [0.15, 0.2) is 0 Å². The number of nitrogens with two attached hydrogens (primary N) is 1. The first kappa shape index (κ1) is 28.3. The van der Waals surface area contributed by atoms with Crippen LogP contribution in [0.4, 0.5) is 0 Å². The molecular weight excluding hydrogens is 430 g/mol. The van der Waals surface area contributed by atoms with Crippen LogP contribution in [0.3, 0.4) is 0 Å². The maximum atomic E-state index is 13.1. The van der Waals surface area contributed by atoms with E-state index >= 15 is 0 Å². The summed E-state index contributed by atoms with van der Waals surface area (Å²) in [5.41, 5.74) is 5.21. The zero-order valence-electron chi connectivity index (χ0n) is 20.0. The van der Waals surface area contributed by atoms with E-state index in [4.69, 9.17) is 5.73 Å². The van der Waals surface area contributed by atoms with Crippen LogP contribution in [-0.2, 0) is 24.0 Å². The van der Waals surface area contributed by atoms with Crippen LogP contribution in [-0.4, -0.2) is 65.4 Å². The second-order valence-corrected chi connectivity index (χ2v) is 9.12. The lowest BCUT2D eigenvalue weighted by Crippen LogP contribution is -2.58. The van der Waals surface area contributed by atoms with E-state index in [-0.39, 0.29) is 43.0 Å². The molecule has 1 fully saturated rings. The van der Waals surface area contributed by atoms with Crippen molar-refractivity contribution in [3.63, 3.8) is 0 Å². The molecule has 0 saturated carbocycles. The molecule has 0 aromatic rings. The molecule has 5 unspecified atom stereocenters. The van der Waals surface area contributed by atoms with Gasteiger partial charge in [-0.05, 0) is 44.1 Å². The lowest BCUT2D eigenvalue weighted by Gasteiger charge is -2.28. The number of carboxylic acids is 1. The molecule has 188 valence electrons. The summed E-state index contributed by atoms with van der Waals surface area (Å²) in [6, 6.07) is -3.57. The molecule has 0 bridgehead atoms. The zero-order chi connectivity index (χ0) is 25.1. The van der Waals surface area contributed by atoms with Gasteiger partial charge in [-0.1, -0.05) is 34.1 Å². The van der Waals surface area contributed by atoms with Gasteiger partial charge in [-0.3, -0.25) is 19.2 Å². The van der Waals surface area contributed by atoms with Crippen molar-refractivity contribution in [3.8, 4) is 0 Å². The number of carboxylic acid groups (broad SMARTS) is 1. The average molecular weight is 470 g/mol. The van der Waals surface area contributed by atoms with E-state index in [0.29, 0.717) is 12.8 Å². The molecule has 1 rings (SSSR count). The van der Waals surface area contributed by atoms with Gasteiger partial charge in [0, 0.05) is 6.42 Å². The van der Waals surface area contributed by atoms with Gasteiger partial charge in [0.25, 0.3) is 0 Å². The predicted octanol–water partition coefficient (Wildman–Crippen LogP) is -0.365. The number of hydrogen-bond donors (Lipinski definition) is 6.